The zero-order chi connectivity index (χ0) is 20.3. The van der Waals surface area contributed by atoms with Crippen LogP contribution in [0.4, 0.5) is 0 Å². The minimum absolute atomic E-state index is 0.0501. The average Bonchev–Trinajstić information content (AvgIpc) is 3.27. The van der Waals surface area contributed by atoms with Crippen molar-refractivity contribution in [1.29, 1.82) is 0 Å². The van der Waals surface area contributed by atoms with Crippen molar-refractivity contribution in [2.45, 2.75) is 36.5 Å². The van der Waals surface area contributed by atoms with E-state index in [2.05, 4.69) is 9.47 Å². The fourth-order valence-corrected chi connectivity index (χ4v) is 5.21. The molecule has 0 bridgehead atoms. The van der Waals surface area contributed by atoms with Crippen molar-refractivity contribution in [1.82, 2.24) is 4.31 Å². The molecule has 1 aromatic rings. The second-order valence-corrected chi connectivity index (χ2v) is 8.41. The summed E-state index contributed by atoms with van der Waals surface area (Å²) < 4.78 is 48.6. The third-order valence-corrected chi connectivity index (χ3v) is 6.72. The Bertz CT molecular complexity index is 813. The van der Waals surface area contributed by atoms with Gasteiger partial charge < -0.3 is 18.9 Å². The predicted molar refractivity (Wildman–Crippen MR) is 96.3 cm³/mol. The number of hydrogen-bond acceptors (Lipinski definition) is 8. The lowest BCUT2D eigenvalue weighted by Gasteiger charge is -2.36. The number of rotatable bonds is 5. The van der Waals surface area contributed by atoms with Crippen molar-refractivity contribution < 1.29 is 37.0 Å². The molecule has 0 N–H and O–H groups in total. The van der Waals surface area contributed by atoms with E-state index >= 15 is 0 Å². The smallest absolute Gasteiger partial charge is 0.337 e. The van der Waals surface area contributed by atoms with Crippen LogP contribution in [0.3, 0.4) is 0 Å². The summed E-state index contributed by atoms with van der Waals surface area (Å²) in [6.07, 6.45) is 1.53. The molecule has 0 spiro atoms. The maximum absolute atomic E-state index is 13.4. The monoisotopic (exact) mass is 413 g/mol. The van der Waals surface area contributed by atoms with Gasteiger partial charge in [0.2, 0.25) is 10.0 Å². The van der Waals surface area contributed by atoms with E-state index in [-0.39, 0.29) is 16.0 Å². The van der Waals surface area contributed by atoms with Crippen LogP contribution < -0.4 is 0 Å². The summed E-state index contributed by atoms with van der Waals surface area (Å²) in [4.78, 5) is 23.8. The van der Waals surface area contributed by atoms with Crippen molar-refractivity contribution in [3.63, 3.8) is 0 Å². The summed E-state index contributed by atoms with van der Waals surface area (Å²) in [6, 6.07) is 3.18. The number of methoxy groups -OCH3 is 2. The van der Waals surface area contributed by atoms with Crippen LogP contribution >= 0.6 is 0 Å². The van der Waals surface area contributed by atoms with Crippen LogP contribution in [0.25, 0.3) is 0 Å². The van der Waals surface area contributed by atoms with Crippen LogP contribution in [-0.4, -0.2) is 71.0 Å². The molecular formula is C18H23NO8S. The van der Waals surface area contributed by atoms with Crippen molar-refractivity contribution in [3.05, 3.63) is 29.3 Å². The topological polar surface area (TPSA) is 108 Å². The molecule has 0 amide bonds. The van der Waals surface area contributed by atoms with E-state index in [9.17, 15) is 18.0 Å². The van der Waals surface area contributed by atoms with Gasteiger partial charge in [-0.25, -0.2) is 18.0 Å². The molecule has 0 unspecified atom stereocenters. The maximum atomic E-state index is 13.4. The van der Waals surface area contributed by atoms with Gasteiger partial charge in [-0.05, 0) is 31.0 Å². The Balaban J connectivity index is 2.03. The highest BCUT2D eigenvalue weighted by molar-refractivity contribution is 7.89. The van der Waals surface area contributed by atoms with Gasteiger partial charge in [-0.3, -0.25) is 0 Å². The van der Waals surface area contributed by atoms with E-state index in [0.29, 0.717) is 32.6 Å². The highest BCUT2D eigenvalue weighted by Gasteiger charge is 2.41. The van der Waals surface area contributed by atoms with E-state index in [1.165, 1.54) is 36.7 Å². The first-order valence-electron chi connectivity index (χ1n) is 8.95. The third kappa shape index (κ3) is 4.04. The van der Waals surface area contributed by atoms with Crippen LogP contribution in [0.1, 0.15) is 40.0 Å². The summed E-state index contributed by atoms with van der Waals surface area (Å²) in [7, 11) is -1.66. The first kappa shape index (κ1) is 20.7. The molecule has 1 atom stereocenters. The van der Waals surface area contributed by atoms with Crippen molar-refractivity contribution in [3.8, 4) is 0 Å². The fraction of sp³-hybridized carbons (Fsp3) is 0.556. The van der Waals surface area contributed by atoms with Crippen LogP contribution in [0.15, 0.2) is 23.1 Å². The summed E-state index contributed by atoms with van der Waals surface area (Å²) in [5.74, 6) is -1.50. The quantitative estimate of drug-likeness (QED) is 0.662. The molecular weight excluding hydrogens is 390 g/mol. The van der Waals surface area contributed by atoms with Gasteiger partial charge in [-0.2, -0.15) is 4.31 Å². The average molecular weight is 413 g/mol. The summed E-state index contributed by atoms with van der Waals surface area (Å²) >= 11 is 0. The normalized spacial score (nSPS) is 21.4. The molecule has 10 heteroatoms. The van der Waals surface area contributed by atoms with Gasteiger partial charge in [-0.15, -0.1) is 0 Å². The first-order valence-corrected chi connectivity index (χ1v) is 10.4. The Morgan fingerprint density at radius 1 is 1.00 bits per heavy atom. The van der Waals surface area contributed by atoms with Gasteiger partial charge in [0, 0.05) is 6.54 Å². The number of ether oxygens (including phenoxy) is 4. The summed E-state index contributed by atoms with van der Waals surface area (Å²) in [5, 5.41) is 0. The van der Waals surface area contributed by atoms with Crippen LogP contribution in [0, 0.1) is 0 Å². The Hall–Kier alpha value is -2.01. The highest BCUT2D eigenvalue weighted by atomic mass is 32.2. The molecule has 2 aliphatic rings. The summed E-state index contributed by atoms with van der Waals surface area (Å²) in [6.45, 7) is 1.13. The lowest BCUT2D eigenvalue weighted by atomic mass is 10.0. The van der Waals surface area contributed by atoms with Crippen LogP contribution in [0.5, 0.6) is 0 Å². The van der Waals surface area contributed by atoms with Crippen LogP contribution in [-0.2, 0) is 29.0 Å². The maximum Gasteiger partial charge on any atom is 0.337 e. The first-order chi connectivity index (χ1) is 13.4. The van der Waals surface area contributed by atoms with E-state index in [1.54, 1.807) is 0 Å². The number of benzene rings is 1. The predicted octanol–water partition coefficient (Wildman–Crippen LogP) is 1.18. The van der Waals surface area contributed by atoms with Gasteiger partial charge in [0.25, 0.3) is 0 Å². The number of sulfonamides is 1. The van der Waals surface area contributed by atoms with E-state index in [0.717, 1.165) is 6.42 Å². The van der Waals surface area contributed by atoms with E-state index in [1.807, 2.05) is 0 Å². The van der Waals surface area contributed by atoms with Gasteiger partial charge in [0.05, 0.1) is 49.5 Å². The largest absolute Gasteiger partial charge is 0.465 e. The minimum atomic E-state index is -4.02. The number of hydrogen-bond donors (Lipinski definition) is 0. The Kier molecular flexibility index (Phi) is 6.33. The summed E-state index contributed by atoms with van der Waals surface area (Å²) in [5.41, 5.74) is -0.100. The second-order valence-electron chi connectivity index (χ2n) is 6.52. The molecule has 2 fully saturated rings. The number of esters is 2. The van der Waals surface area contributed by atoms with Gasteiger partial charge in [-0.1, -0.05) is 6.42 Å². The highest BCUT2D eigenvalue weighted by Crippen LogP contribution is 2.31. The van der Waals surface area contributed by atoms with Gasteiger partial charge in [0.15, 0.2) is 6.29 Å². The van der Waals surface area contributed by atoms with Crippen molar-refractivity contribution in [2.24, 2.45) is 0 Å². The SMILES string of the molecule is COC(=O)c1cc(C(=O)OC)cc(S(=O)(=O)N2CCCC[C@@H]2C2OCCO2)c1. The standard InChI is InChI=1S/C18H23NO8S/c1-24-16(20)12-9-13(17(21)25-2)11-14(10-12)28(22,23)19-6-4-3-5-15(19)18-26-7-8-27-18/h9-11,15,18H,3-8H2,1-2H3/t15-/m1/s1. The van der Waals surface area contributed by atoms with E-state index < -0.39 is 34.3 Å². The molecule has 1 aromatic carbocycles. The zero-order valence-electron chi connectivity index (χ0n) is 15.8. The molecule has 28 heavy (non-hydrogen) atoms. The lowest BCUT2D eigenvalue weighted by molar-refractivity contribution is -0.0913. The number of nitrogens with zero attached hydrogens (tertiary/aromatic N) is 1. The molecule has 3 rings (SSSR count). The number of carbonyl (C=O) groups is 2. The van der Waals surface area contributed by atoms with E-state index in [4.69, 9.17) is 9.47 Å². The Labute approximate surface area is 163 Å². The molecule has 0 aliphatic carbocycles. The molecule has 0 saturated carbocycles. The second kappa shape index (κ2) is 8.56. The zero-order valence-corrected chi connectivity index (χ0v) is 16.6. The van der Waals surface area contributed by atoms with Crippen molar-refractivity contribution >= 4 is 22.0 Å². The van der Waals surface area contributed by atoms with Crippen LogP contribution in [0.2, 0.25) is 0 Å². The molecule has 2 aliphatic heterocycles. The minimum Gasteiger partial charge on any atom is -0.465 e. The van der Waals surface area contributed by atoms with Gasteiger partial charge >= 0.3 is 11.9 Å². The Morgan fingerprint density at radius 2 is 1.57 bits per heavy atom. The third-order valence-electron chi connectivity index (χ3n) is 4.82. The molecule has 9 nitrogen and oxygen atoms in total. The molecule has 0 aromatic heterocycles. The molecule has 0 radical (unpaired) electrons. The molecule has 2 saturated heterocycles. The Morgan fingerprint density at radius 3 is 2.11 bits per heavy atom. The fourth-order valence-electron chi connectivity index (χ4n) is 3.45. The molecule has 154 valence electrons. The number of carbonyl (C=O) groups excluding carboxylic acids is 2. The van der Waals surface area contributed by atoms with Gasteiger partial charge in [0.1, 0.15) is 0 Å². The molecule has 2 heterocycles. The lowest BCUT2D eigenvalue weighted by Crippen LogP contribution is -2.50. The van der Waals surface area contributed by atoms with Crippen molar-refractivity contribution in [2.75, 3.05) is 34.0 Å². The number of piperidine rings is 1.